The van der Waals surface area contributed by atoms with Crippen LogP contribution in [0.3, 0.4) is 0 Å². The van der Waals surface area contributed by atoms with E-state index >= 15 is 0 Å². The molecule has 1 N–H and O–H groups in total. The number of hydrogen-bond donors (Lipinski definition) is 1. The van der Waals surface area contributed by atoms with Crippen molar-refractivity contribution in [2.24, 2.45) is 0 Å². The Labute approximate surface area is 150 Å². The van der Waals surface area contributed by atoms with E-state index < -0.39 is 6.17 Å². The number of aliphatic hydroxyl groups is 1. The molecule has 2 nitrogen and oxygen atoms in total. The summed E-state index contributed by atoms with van der Waals surface area (Å²) in [4.78, 5) is 0. The molecule has 0 aliphatic rings. The number of halogens is 1. The number of unbranched alkanes of at least 4 members (excludes halogenated alkanes) is 12. The highest BCUT2D eigenvalue weighted by Gasteiger charge is 2.05. The molecule has 0 aliphatic carbocycles. The van der Waals surface area contributed by atoms with Gasteiger partial charge < -0.3 is 9.84 Å². The van der Waals surface area contributed by atoms with Gasteiger partial charge >= 0.3 is 0 Å². The van der Waals surface area contributed by atoms with E-state index in [9.17, 15) is 4.39 Å². The fourth-order valence-corrected chi connectivity index (χ4v) is 3.09. The largest absolute Gasteiger partial charge is 0.394 e. The predicted octanol–water partition coefficient (Wildman–Crippen LogP) is 6.59. The van der Waals surface area contributed by atoms with Gasteiger partial charge in [0.05, 0.1) is 13.2 Å². The third kappa shape index (κ3) is 19.9. The predicted molar refractivity (Wildman–Crippen MR) is 102 cm³/mol. The van der Waals surface area contributed by atoms with Crippen LogP contribution in [-0.4, -0.2) is 31.1 Å². The van der Waals surface area contributed by atoms with Crippen LogP contribution in [0.15, 0.2) is 0 Å². The minimum absolute atomic E-state index is 0.0997. The number of hydrogen-bond acceptors (Lipinski definition) is 2. The molecule has 0 bridgehead atoms. The Bertz CT molecular complexity index is 224. The van der Waals surface area contributed by atoms with Crippen molar-refractivity contribution >= 4 is 0 Å². The first-order valence-electron chi connectivity index (χ1n) is 10.6. The van der Waals surface area contributed by atoms with Gasteiger partial charge in [0, 0.05) is 6.61 Å². The molecule has 0 aromatic heterocycles. The van der Waals surface area contributed by atoms with Crippen LogP contribution in [0.4, 0.5) is 4.39 Å². The lowest BCUT2D eigenvalue weighted by Gasteiger charge is -2.08. The Morgan fingerprint density at radius 1 is 0.667 bits per heavy atom. The van der Waals surface area contributed by atoms with Gasteiger partial charge in [-0.1, -0.05) is 90.4 Å². The lowest BCUT2D eigenvalue weighted by Crippen LogP contribution is -2.01. The number of aliphatic hydroxyl groups excluding tert-OH is 1. The summed E-state index contributed by atoms with van der Waals surface area (Å²) >= 11 is 0. The van der Waals surface area contributed by atoms with Crippen molar-refractivity contribution in [3.8, 4) is 0 Å². The molecule has 24 heavy (non-hydrogen) atoms. The first-order valence-corrected chi connectivity index (χ1v) is 10.6. The zero-order chi connectivity index (χ0) is 17.7. The van der Waals surface area contributed by atoms with Gasteiger partial charge in [-0.2, -0.15) is 0 Å². The second kappa shape index (κ2) is 20.9. The molecule has 0 amide bonds. The first kappa shape index (κ1) is 23.9. The van der Waals surface area contributed by atoms with E-state index in [4.69, 9.17) is 9.84 Å². The smallest absolute Gasteiger partial charge is 0.100 e. The van der Waals surface area contributed by atoms with Crippen molar-refractivity contribution in [3.63, 3.8) is 0 Å². The van der Waals surface area contributed by atoms with Crippen molar-refractivity contribution in [3.05, 3.63) is 0 Å². The monoisotopic (exact) mass is 346 g/mol. The maximum Gasteiger partial charge on any atom is 0.100 e. The van der Waals surface area contributed by atoms with Gasteiger partial charge in [-0.15, -0.1) is 0 Å². The van der Waals surface area contributed by atoms with Crippen LogP contribution in [0.2, 0.25) is 0 Å². The van der Waals surface area contributed by atoms with Crippen LogP contribution in [0.25, 0.3) is 0 Å². The molecule has 1 atom stereocenters. The lowest BCUT2D eigenvalue weighted by molar-refractivity contribution is 0.0894. The Balaban J connectivity index is 3.11. The maximum absolute atomic E-state index is 13.8. The molecule has 0 aliphatic heterocycles. The molecule has 0 aromatic rings. The van der Waals surface area contributed by atoms with Crippen molar-refractivity contribution < 1.29 is 14.2 Å². The normalized spacial score (nSPS) is 12.6. The molecule has 0 heterocycles. The summed E-state index contributed by atoms with van der Waals surface area (Å²) in [6.07, 6.45) is 18.3. The molecule has 0 fully saturated rings. The molecule has 0 saturated carbocycles. The van der Waals surface area contributed by atoms with E-state index in [0.29, 0.717) is 6.61 Å². The van der Waals surface area contributed by atoms with E-state index in [1.807, 2.05) is 0 Å². The van der Waals surface area contributed by atoms with E-state index in [0.717, 1.165) is 51.6 Å². The van der Waals surface area contributed by atoms with Gasteiger partial charge in [0.15, 0.2) is 0 Å². The zero-order valence-electron chi connectivity index (χ0n) is 16.2. The van der Waals surface area contributed by atoms with Gasteiger partial charge in [0.2, 0.25) is 0 Å². The van der Waals surface area contributed by atoms with Crippen LogP contribution >= 0.6 is 0 Å². The average Bonchev–Trinajstić information content (AvgIpc) is 2.59. The van der Waals surface area contributed by atoms with Crippen LogP contribution in [-0.2, 0) is 4.74 Å². The number of rotatable bonds is 20. The molecular formula is C21H43FO2. The quantitative estimate of drug-likeness (QED) is 0.252. The Hall–Kier alpha value is -0.150. The summed E-state index contributed by atoms with van der Waals surface area (Å²) in [5.41, 5.74) is 0. The fraction of sp³-hybridized carbons (Fsp3) is 1.00. The van der Waals surface area contributed by atoms with Crippen LogP contribution < -0.4 is 0 Å². The molecule has 1 unspecified atom stereocenters. The molecule has 0 rings (SSSR count). The van der Waals surface area contributed by atoms with Gasteiger partial charge in [-0.3, -0.25) is 0 Å². The standard InChI is InChI=1S/C21H43FO2/c1-2-3-4-5-6-7-8-9-10-13-16-21(22)17-14-11-12-15-19-24-20-18-23/h21,23H,2-20H2,1H3. The average molecular weight is 347 g/mol. The van der Waals surface area contributed by atoms with Crippen molar-refractivity contribution in [2.75, 3.05) is 19.8 Å². The molecule has 146 valence electrons. The summed E-state index contributed by atoms with van der Waals surface area (Å²) < 4.78 is 19.0. The summed E-state index contributed by atoms with van der Waals surface area (Å²) in [6.45, 7) is 3.51. The topological polar surface area (TPSA) is 29.5 Å². The minimum atomic E-state index is -0.593. The van der Waals surface area contributed by atoms with Gasteiger partial charge in [0.1, 0.15) is 6.17 Å². The number of alkyl halides is 1. The van der Waals surface area contributed by atoms with E-state index in [-0.39, 0.29) is 6.61 Å². The van der Waals surface area contributed by atoms with Gasteiger partial charge in [-0.25, -0.2) is 4.39 Å². The van der Waals surface area contributed by atoms with Crippen LogP contribution in [0.5, 0.6) is 0 Å². The molecule has 0 aromatic carbocycles. The van der Waals surface area contributed by atoms with Gasteiger partial charge in [0.25, 0.3) is 0 Å². The summed E-state index contributed by atoms with van der Waals surface area (Å²) in [5.74, 6) is 0. The Morgan fingerprint density at radius 3 is 1.62 bits per heavy atom. The highest BCUT2D eigenvalue weighted by atomic mass is 19.1. The maximum atomic E-state index is 13.8. The van der Waals surface area contributed by atoms with E-state index in [1.165, 1.54) is 57.8 Å². The molecule has 3 heteroatoms. The van der Waals surface area contributed by atoms with Crippen LogP contribution in [0.1, 0.15) is 110 Å². The zero-order valence-corrected chi connectivity index (χ0v) is 16.2. The lowest BCUT2D eigenvalue weighted by atomic mass is 10.0. The second-order valence-electron chi connectivity index (χ2n) is 7.11. The van der Waals surface area contributed by atoms with E-state index in [2.05, 4.69) is 6.92 Å². The molecule has 0 saturated heterocycles. The van der Waals surface area contributed by atoms with Crippen LogP contribution in [0, 0.1) is 0 Å². The molecular weight excluding hydrogens is 303 g/mol. The van der Waals surface area contributed by atoms with Crippen molar-refractivity contribution in [1.82, 2.24) is 0 Å². The fourth-order valence-electron chi connectivity index (χ4n) is 3.09. The Morgan fingerprint density at radius 2 is 1.12 bits per heavy atom. The summed E-state index contributed by atoms with van der Waals surface area (Å²) in [7, 11) is 0. The summed E-state index contributed by atoms with van der Waals surface area (Å²) in [6, 6.07) is 0. The first-order chi connectivity index (χ1) is 11.8. The third-order valence-electron chi connectivity index (χ3n) is 4.66. The Kier molecular flexibility index (Phi) is 20.8. The highest BCUT2D eigenvalue weighted by Crippen LogP contribution is 2.16. The van der Waals surface area contributed by atoms with E-state index in [1.54, 1.807) is 0 Å². The SMILES string of the molecule is CCCCCCCCCCCCC(F)CCCCCCOCCO. The van der Waals surface area contributed by atoms with Crippen molar-refractivity contribution in [2.45, 2.75) is 116 Å². The van der Waals surface area contributed by atoms with Gasteiger partial charge in [-0.05, 0) is 19.3 Å². The molecule has 0 spiro atoms. The third-order valence-corrected chi connectivity index (χ3v) is 4.66. The second-order valence-corrected chi connectivity index (χ2v) is 7.11. The molecule has 0 radical (unpaired) electrons. The van der Waals surface area contributed by atoms with Crippen molar-refractivity contribution in [1.29, 1.82) is 0 Å². The highest BCUT2D eigenvalue weighted by molar-refractivity contribution is 4.58. The minimum Gasteiger partial charge on any atom is -0.394 e. The summed E-state index contributed by atoms with van der Waals surface area (Å²) in [5, 5.41) is 8.57. The number of ether oxygens (including phenoxy) is 1.